The zero-order valence-electron chi connectivity index (χ0n) is 14.5. The molecule has 1 aromatic carbocycles. The Morgan fingerprint density at radius 1 is 1.12 bits per heavy atom. The average molecular weight is 363 g/mol. The van der Waals surface area contributed by atoms with E-state index in [0.29, 0.717) is 0 Å². The fourth-order valence-corrected chi connectivity index (χ4v) is 4.22. The van der Waals surface area contributed by atoms with E-state index in [1.807, 2.05) is 19.2 Å². The van der Waals surface area contributed by atoms with Crippen LogP contribution in [0.5, 0.6) is 0 Å². The van der Waals surface area contributed by atoms with Crippen molar-refractivity contribution in [3.05, 3.63) is 48.2 Å². The monoisotopic (exact) mass is 363 g/mol. The van der Waals surface area contributed by atoms with Crippen LogP contribution in [0.1, 0.15) is 24.6 Å². The number of benzene rings is 1. The molecule has 1 aliphatic heterocycles. The Balaban J connectivity index is 1.57. The van der Waals surface area contributed by atoms with Crippen molar-refractivity contribution in [2.45, 2.75) is 26.4 Å². The van der Waals surface area contributed by atoms with Crippen LogP contribution in [0.3, 0.4) is 0 Å². The normalized spacial score (nSPS) is 16.8. The van der Waals surface area contributed by atoms with Gasteiger partial charge in [0.05, 0.1) is 6.04 Å². The Labute approximate surface area is 154 Å². The zero-order chi connectivity index (χ0) is 17.7. The van der Waals surface area contributed by atoms with Crippen molar-refractivity contribution in [1.29, 1.82) is 0 Å². The molecule has 0 N–H and O–H groups in total. The molecule has 0 saturated heterocycles. The summed E-state index contributed by atoms with van der Waals surface area (Å²) in [6.45, 7) is 5.69. The molecule has 0 aliphatic carbocycles. The number of aryl methyl sites for hydroxylation is 1. The first-order valence-electron chi connectivity index (χ1n) is 8.56. The van der Waals surface area contributed by atoms with Gasteiger partial charge in [-0.15, -0.1) is 10.2 Å². The van der Waals surface area contributed by atoms with E-state index >= 15 is 0 Å². The first-order valence-corrected chi connectivity index (χ1v) is 9.34. The Morgan fingerprint density at radius 3 is 2.85 bits per heavy atom. The topological polar surface area (TPSA) is 72.6 Å². The van der Waals surface area contributed by atoms with Gasteiger partial charge >= 0.3 is 0 Å². The van der Waals surface area contributed by atoms with Crippen LogP contribution in [0, 0.1) is 6.92 Å². The maximum atomic E-state index is 4.67. The highest BCUT2D eigenvalue weighted by molar-refractivity contribution is 7.09. The smallest absolute Gasteiger partial charge is 0.194 e. The van der Waals surface area contributed by atoms with Crippen molar-refractivity contribution in [3.8, 4) is 10.8 Å². The molecule has 7 nitrogen and oxygen atoms in total. The summed E-state index contributed by atoms with van der Waals surface area (Å²) < 4.78 is 6.43. The number of aromatic nitrogens is 6. The molecule has 5 rings (SSSR count). The summed E-state index contributed by atoms with van der Waals surface area (Å²) >= 11 is 1.37. The van der Waals surface area contributed by atoms with Gasteiger partial charge in [-0.05, 0) is 36.8 Å². The van der Waals surface area contributed by atoms with E-state index in [1.165, 1.54) is 16.9 Å². The lowest BCUT2D eigenvalue weighted by Gasteiger charge is -2.35. The van der Waals surface area contributed by atoms with E-state index in [-0.39, 0.29) is 6.04 Å². The largest absolute Gasteiger partial charge is 0.344 e. The minimum atomic E-state index is 0.0809. The second-order valence-corrected chi connectivity index (χ2v) is 7.16. The van der Waals surface area contributed by atoms with Crippen LogP contribution in [-0.2, 0) is 6.54 Å². The molecule has 0 unspecified atom stereocenters. The molecule has 4 heterocycles. The Bertz CT molecular complexity index is 1090. The van der Waals surface area contributed by atoms with E-state index in [2.05, 4.69) is 65.2 Å². The third kappa shape index (κ3) is 2.29. The van der Waals surface area contributed by atoms with E-state index in [1.54, 1.807) is 0 Å². The summed E-state index contributed by atoms with van der Waals surface area (Å²) in [6, 6.07) is 10.5. The van der Waals surface area contributed by atoms with Gasteiger partial charge in [-0.1, -0.05) is 24.3 Å². The van der Waals surface area contributed by atoms with E-state index in [0.717, 1.165) is 46.8 Å². The zero-order valence-corrected chi connectivity index (χ0v) is 15.3. The molecule has 1 atom stereocenters. The SMILES string of the molecule is Cc1nsc(-c2nnc3n2CCN(c2nccc4ccccc24)[C@@H]3C)n1. The van der Waals surface area contributed by atoms with Crippen molar-refractivity contribution < 1.29 is 0 Å². The molecular weight excluding hydrogens is 346 g/mol. The highest BCUT2D eigenvalue weighted by Gasteiger charge is 2.30. The number of fused-ring (bicyclic) bond motifs is 2. The molecule has 130 valence electrons. The van der Waals surface area contributed by atoms with E-state index < -0.39 is 0 Å². The number of rotatable bonds is 2. The molecule has 0 bridgehead atoms. The highest BCUT2D eigenvalue weighted by atomic mass is 32.1. The number of anilines is 1. The molecule has 0 fully saturated rings. The number of nitrogens with zero attached hydrogens (tertiary/aromatic N) is 7. The van der Waals surface area contributed by atoms with Crippen molar-refractivity contribution >= 4 is 28.1 Å². The fraction of sp³-hybridized carbons (Fsp3) is 0.278. The van der Waals surface area contributed by atoms with Crippen LogP contribution in [0.15, 0.2) is 36.5 Å². The lowest BCUT2D eigenvalue weighted by Crippen LogP contribution is -2.37. The maximum absolute atomic E-state index is 4.67. The Kier molecular flexibility index (Phi) is 3.46. The molecule has 4 aromatic rings. The Hall–Kier alpha value is -2.87. The minimum absolute atomic E-state index is 0.0809. The van der Waals surface area contributed by atoms with Crippen molar-refractivity contribution in [3.63, 3.8) is 0 Å². The standard InChI is InChI=1S/C18H17N7S/c1-11-15-21-22-17(18-20-12(2)23-26-18)25(15)10-9-24(11)16-14-6-4-3-5-13(14)7-8-19-16/h3-8,11H,9-10H2,1-2H3/t11-/m1/s1. The number of pyridine rings is 1. The third-order valence-corrected chi connectivity index (χ3v) is 5.63. The second-order valence-electron chi connectivity index (χ2n) is 6.41. The van der Waals surface area contributed by atoms with Crippen LogP contribution >= 0.6 is 11.5 Å². The molecule has 0 saturated carbocycles. The van der Waals surface area contributed by atoms with Gasteiger partial charge < -0.3 is 9.47 Å². The second kappa shape index (κ2) is 5.84. The van der Waals surface area contributed by atoms with Gasteiger partial charge in [0, 0.05) is 24.7 Å². The van der Waals surface area contributed by atoms with Gasteiger partial charge in [0.1, 0.15) is 11.6 Å². The van der Waals surface area contributed by atoms with E-state index in [4.69, 9.17) is 0 Å². The van der Waals surface area contributed by atoms with Crippen molar-refractivity contribution in [2.24, 2.45) is 0 Å². The van der Waals surface area contributed by atoms with Crippen LogP contribution in [0.2, 0.25) is 0 Å². The molecule has 0 amide bonds. The highest BCUT2D eigenvalue weighted by Crippen LogP contribution is 2.34. The van der Waals surface area contributed by atoms with Gasteiger partial charge in [-0.3, -0.25) is 0 Å². The van der Waals surface area contributed by atoms with Crippen molar-refractivity contribution in [1.82, 2.24) is 29.1 Å². The van der Waals surface area contributed by atoms with Gasteiger partial charge in [0.25, 0.3) is 0 Å². The quantitative estimate of drug-likeness (QED) is 0.544. The Morgan fingerprint density at radius 2 is 2.00 bits per heavy atom. The lowest BCUT2D eigenvalue weighted by atomic mass is 10.1. The molecule has 1 aliphatic rings. The van der Waals surface area contributed by atoms with Crippen LogP contribution in [-0.4, -0.2) is 35.7 Å². The molecule has 8 heteroatoms. The predicted octanol–water partition coefficient (Wildman–Crippen LogP) is 3.23. The van der Waals surface area contributed by atoms with Gasteiger partial charge in [0.2, 0.25) is 0 Å². The fourth-order valence-electron chi connectivity index (χ4n) is 3.55. The van der Waals surface area contributed by atoms with Crippen molar-refractivity contribution in [2.75, 3.05) is 11.4 Å². The van der Waals surface area contributed by atoms with Crippen LogP contribution < -0.4 is 4.90 Å². The summed E-state index contributed by atoms with van der Waals surface area (Å²) in [7, 11) is 0. The lowest BCUT2D eigenvalue weighted by molar-refractivity contribution is 0.496. The summed E-state index contributed by atoms with van der Waals surface area (Å²) in [4.78, 5) is 11.4. The van der Waals surface area contributed by atoms with Gasteiger partial charge in [-0.2, -0.15) is 4.37 Å². The molecule has 0 spiro atoms. The maximum Gasteiger partial charge on any atom is 0.194 e. The summed E-state index contributed by atoms with van der Waals surface area (Å²) in [5, 5.41) is 12.0. The van der Waals surface area contributed by atoms with E-state index in [9.17, 15) is 0 Å². The number of hydrogen-bond donors (Lipinski definition) is 0. The molecular formula is C18H17N7S. The first kappa shape index (κ1) is 15.4. The first-order chi connectivity index (χ1) is 12.7. The minimum Gasteiger partial charge on any atom is -0.344 e. The summed E-state index contributed by atoms with van der Waals surface area (Å²) in [5.74, 6) is 3.52. The summed E-state index contributed by atoms with van der Waals surface area (Å²) in [6.07, 6.45) is 1.87. The predicted molar refractivity (Wildman–Crippen MR) is 101 cm³/mol. The number of hydrogen-bond acceptors (Lipinski definition) is 7. The summed E-state index contributed by atoms with van der Waals surface area (Å²) in [5.41, 5.74) is 0. The average Bonchev–Trinajstić information content (AvgIpc) is 3.28. The van der Waals surface area contributed by atoms with Crippen LogP contribution in [0.4, 0.5) is 5.82 Å². The van der Waals surface area contributed by atoms with Crippen LogP contribution in [0.25, 0.3) is 21.6 Å². The molecule has 26 heavy (non-hydrogen) atoms. The van der Waals surface area contributed by atoms with Gasteiger partial charge in [0.15, 0.2) is 16.7 Å². The van der Waals surface area contributed by atoms with Gasteiger partial charge in [-0.25, -0.2) is 9.97 Å². The third-order valence-electron chi connectivity index (χ3n) is 4.83. The molecule has 0 radical (unpaired) electrons. The molecule has 3 aromatic heterocycles.